The Morgan fingerprint density at radius 2 is 1.96 bits per heavy atom. The number of nitrogens with one attached hydrogen (secondary N) is 2. The second-order valence-corrected chi connectivity index (χ2v) is 6.88. The van der Waals surface area contributed by atoms with Crippen LogP contribution >= 0.6 is 11.6 Å². The summed E-state index contributed by atoms with van der Waals surface area (Å²) in [7, 11) is 0. The molecule has 0 saturated carbocycles. The van der Waals surface area contributed by atoms with Gasteiger partial charge in [0.1, 0.15) is 0 Å². The number of hydrogen-bond acceptors (Lipinski definition) is 3. The van der Waals surface area contributed by atoms with Gasteiger partial charge in [0, 0.05) is 28.2 Å². The highest BCUT2D eigenvalue weighted by Gasteiger charge is 2.13. The molecule has 0 atom stereocenters. The third-order valence-corrected chi connectivity index (χ3v) is 4.74. The lowest BCUT2D eigenvalue weighted by Gasteiger charge is -2.07. The van der Waals surface area contributed by atoms with E-state index in [1.807, 2.05) is 38.1 Å². The second kappa shape index (κ2) is 8.27. The van der Waals surface area contributed by atoms with Crippen molar-refractivity contribution in [2.24, 2.45) is 0 Å². The number of H-pyrrole nitrogens is 1. The first-order valence-corrected chi connectivity index (χ1v) is 9.09. The third kappa shape index (κ3) is 4.68. The normalized spacial score (nSPS) is 10.8. The lowest BCUT2D eigenvalue weighted by molar-refractivity contribution is -0.124. The summed E-state index contributed by atoms with van der Waals surface area (Å²) in [4.78, 5) is 27.4. The fourth-order valence-corrected chi connectivity index (χ4v) is 3.11. The number of fused-ring (bicyclic) bond motifs is 1. The molecule has 1 aromatic heterocycles. The minimum Gasteiger partial charge on any atom is -0.452 e. The molecule has 27 heavy (non-hydrogen) atoms. The summed E-state index contributed by atoms with van der Waals surface area (Å²) in [6.07, 6.45) is 0.656. The zero-order valence-corrected chi connectivity index (χ0v) is 16.0. The van der Waals surface area contributed by atoms with E-state index in [0.29, 0.717) is 23.6 Å². The molecule has 3 aromatic rings. The Hall–Kier alpha value is -2.79. The molecule has 6 heteroatoms. The van der Waals surface area contributed by atoms with Crippen molar-refractivity contribution in [2.45, 2.75) is 20.3 Å². The Kier molecular flexibility index (Phi) is 5.81. The summed E-state index contributed by atoms with van der Waals surface area (Å²) in [6, 6.07) is 12.8. The van der Waals surface area contributed by atoms with Crippen molar-refractivity contribution in [3.05, 3.63) is 69.9 Å². The maximum Gasteiger partial charge on any atom is 0.338 e. The largest absolute Gasteiger partial charge is 0.452 e. The van der Waals surface area contributed by atoms with Gasteiger partial charge in [0.15, 0.2) is 6.61 Å². The van der Waals surface area contributed by atoms with Gasteiger partial charge < -0.3 is 15.0 Å². The number of benzene rings is 2. The van der Waals surface area contributed by atoms with E-state index in [2.05, 4.69) is 10.3 Å². The SMILES string of the molecule is Cc1[nH]c2ccc(C(=O)OCC(=O)NCCc3cccc(Cl)c3)cc2c1C. The Morgan fingerprint density at radius 3 is 2.74 bits per heavy atom. The van der Waals surface area contributed by atoms with Crippen LogP contribution in [0.1, 0.15) is 27.2 Å². The van der Waals surface area contributed by atoms with Crippen molar-refractivity contribution in [3.8, 4) is 0 Å². The molecule has 0 spiro atoms. The minimum absolute atomic E-state index is 0.308. The predicted molar refractivity (Wildman–Crippen MR) is 106 cm³/mol. The summed E-state index contributed by atoms with van der Waals surface area (Å²) in [5.74, 6) is -0.847. The average Bonchev–Trinajstić information content (AvgIpc) is 2.93. The number of rotatable bonds is 6. The first-order valence-electron chi connectivity index (χ1n) is 8.71. The highest BCUT2D eigenvalue weighted by molar-refractivity contribution is 6.30. The van der Waals surface area contributed by atoms with Crippen molar-refractivity contribution >= 4 is 34.4 Å². The second-order valence-electron chi connectivity index (χ2n) is 6.44. The molecule has 0 bridgehead atoms. The Morgan fingerprint density at radius 1 is 1.15 bits per heavy atom. The maximum atomic E-state index is 12.2. The van der Waals surface area contributed by atoms with E-state index in [-0.39, 0.29) is 12.5 Å². The van der Waals surface area contributed by atoms with Gasteiger partial charge in [-0.15, -0.1) is 0 Å². The van der Waals surface area contributed by atoms with Gasteiger partial charge in [0.25, 0.3) is 5.91 Å². The van der Waals surface area contributed by atoms with Crippen molar-refractivity contribution in [1.29, 1.82) is 0 Å². The van der Waals surface area contributed by atoms with Crippen LogP contribution in [0.5, 0.6) is 0 Å². The van der Waals surface area contributed by atoms with Crippen LogP contribution in [0.25, 0.3) is 10.9 Å². The zero-order valence-electron chi connectivity index (χ0n) is 15.3. The van der Waals surface area contributed by atoms with E-state index in [9.17, 15) is 9.59 Å². The van der Waals surface area contributed by atoms with Gasteiger partial charge in [-0.1, -0.05) is 23.7 Å². The van der Waals surface area contributed by atoms with Crippen molar-refractivity contribution in [3.63, 3.8) is 0 Å². The number of hydrogen-bond donors (Lipinski definition) is 2. The number of ether oxygens (including phenoxy) is 1. The lowest BCUT2D eigenvalue weighted by Crippen LogP contribution is -2.30. The molecular weight excluding hydrogens is 364 g/mol. The molecule has 1 heterocycles. The lowest BCUT2D eigenvalue weighted by atomic mass is 10.1. The van der Waals surface area contributed by atoms with Crippen LogP contribution in [-0.2, 0) is 16.0 Å². The number of carbonyl (C=O) groups is 2. The van der Waals surface area contributed by atoms with Gasteiger partial charge in [-0.3, -0.25) is 4.79 Å². The molecule has 140 valence electrons. The van der Waals surface area contributed by atoms with Crippen LogP contribution in [-0.4, -0.2) is 30.0 Å². The topological polar surface area (TPSA) is 71.2 Å². The summed E-state index contributed by atoms with van der Waals surface area (Å²) in [6.45, 7) is 4.12. The van der Waals surface area contributed by atoms with Crippen molar-refractivity contribution in [2.75, 3.05) is 13.2 Å². The number of aromatic nitrogens is 1. The zero-order chi connectivity index (χ0) is 19.4. The smallest absolute Gasteiger partial charge is 0.338 e. The molecule has 2 N–H and O–H groups in total. The standard InChI is InChI=1S/C21H21ClN2O3/c1-13-14(2)24-19-7-6-16(11-18(13)19)21(26)27-12-20(25)23-9-8-15-4-3-5-17(22)10-15/h3-7,10-11,24H,8-9,12H2,1-2H3,(H,23,25). The molecule has 3 rings (SSSR count). The van der Waals surface area contributed by atoms with E-state index in [0.717, 1.165) is 27.7 Å². The Labute approximate surface area is 162 Å². The van der Waals surface area contributed by atoms with Crippen molar-refractivity contribution in [1.82, 2.24) is 10.3 Å². The van der Waals surface area contributed by atoms with Gasteiger partial charge in [0.2, 0.25) is 0 Å². The van der Waals surface area contributed by atoms with Gasteiger partial charge >= 0.3 is 5.97 Å². The number of carbonyl (C=O) groups excluding carboxylic acids is 2. The third-order valence-electron chi connectivity index (χ3n) is 4.50. The molecule has 2 aromatic carbocycles. The quantitative estimate of drug-likeness (QED) is 0.632. The summed E-state index contributed by atoms with van der Waals surface area (Å²) < 4.78 is 5.13. The van der Waals surface area contributed by atoms with E-state index >= 15 is 0 Å². The van der Waals surface area contributed by atoms with Crippen LogP contribution in [0, 0.1) is 13.8 Å². The number of amides is 1. The van der Waals surface area contributed by atoms with Crippen LogP contribution < -0.4 is 5.32 Å². The molecule has 5 nitrogen and oxygen atoms in total. The number of halogens is 1. The molecule has 0 fully saturated rings. The van der Waals surface area contributed by atoms with Gasteiger partial charge in [-0.05, 0) is 61.7 Å². The van der Waals surface area contributed by atoms with Crippen molar-refractivity contribution < 1.29 is 14.3 Å². The van der Waals surface area contributed by atoms with Crippen LogP contribution in [0.2, 0.25) is 5.02 Å². The molecule has 0 aliphatic carbocycles. The summed E-state index contributed by atoms with van der Waals surface area (Å²) in [5, 5.41) is 4.38. The van der Waals surface area contributed by atoms with E-state index in [1.54, 1.807) is 18.2 Å². The maximum absolute atomic E-state index is 12.2. The minimum atomic E-state index is -0.514. The molecule has 0 unspecified atom stereocenters. The Bertz CT molecular complexity index is 994. The average molecular weight is 385 g/mol. The molecular formula is C21H21ClN2O3. The predicted octanol–water partition coefficient (Wildman–Crippen LogP) is 3.95. The van der Waals surface area contributed by atoms with Crippen LogP contribution in [0.4, 0.5) is 0 Å². The fourth-order valence-electron chi connectivity index (χ4n) is 2.89. The molecule has 0 radical (unpaired) electrons. The highest BCUT2D eigenvalue weighted by atomic mass is 35.5. The molecule has 1 amide bonds. The van der Waals surface area contributed by atoms with Crippen LogP contribution in [0.15, 0.2) is 42.5 Å². The highest BCUT2D eigenvalue weighted by Crippen LogP contribution is 2.22. The van der Waals surface area contributed by atoms with Gasteiger partial charge in [-0.2, -0.15) is 0 Å². The van der Waals surface area contributed by atoms with Gasteiger partial charge in [0.05, 0.1) is 5.56 Å². The number of aryl methyl sites for hydroxylation is 2. The van der Waals surface area contributed by atoms with Crippen LogP contribution in [0.3, 0.4) is 0 Å². The van der Waals surface area contributed by atoms with Gasteiger partial charge in [-0.25, -0.2) is 4.79 Å². The summed E-state index contributed by atoms with van der Waals surface area (Å²) in [5.41, 5.74) is 4.59. The Balaban J connectivity index is 1.49. The van der Waals surface area contributed by atoms with E-state index in [1.165, 1.54) is 0 Å². The monoisotopic (exact) mass is 384 g/mol. The summed E-state index contributed by atoms with van der Waals surface area (Å²) >= 11 is 5.93. The fraction of sp³-hybridized carbons (Fsp3) is 0.238. The first-order chi connectivity index (χ1) is 12.9. The first kappa shape index (κ1) is 19.0. The number of esters is 1. The number of aromatic amines is 1. The molecule has 0 saturated heterocycles. The molecule has 0 aliphatic rings. The molecule has 0 aliphatic heterocycles. The van der Waals surface area contributed by atoms with E-state index in [4.69, 9.17) is 16.3 Å². The van der Waals surface area contributed by atoms with E-state index < -0.39 is 5.97 Å².